The summed E-state index contributed by atoms with van der Waals surface area (Å²) in [6.45, 7) is 1.89. The van der Waals surface area contributed by atoms with Crippen LogP contribution in [0.25, 0.3) is 0 Å². The Morgan fingerprint density at radius 3 is 2.86 bits per heavy atom. The number of carbonyl (C=O) groups is 1. The summed E-state index contributed by atoms with van der Waals surface area (Å²) in [5.74, 6) is -1.20. The van der Waals surface area contributed by atoms with Gasteiger partial charge < -0.3 is 15.0 Å². The van der Waals surface area contributed by atoms with Crippen molar-refractivity contribution >= 4 is 23.2 Å². The number of anilines is 1. The molecular formula is C20H16ClF2N3O2. The molecule has 0 saturated carbocycles. The predicted molar refractivity (Wildman–Crippen MR) is 99.5 cm³/mol. The minimum Gasteiger partial charge on any atom is -0.455 e. The molecule has 28 heavy (non-hydrogen) atoms. The number of hydrogen-bond acceptors (Lipinski definition) is 4. The number of fused-ring (bicyclic) bond motifs is 5. The standard InChI is InChI=1S/C20H16ClF2N3O2/c1-10(27)25-14-5-3-7-26-19(14)17-12(22)4-2-6-15(17)28-16-8-13(23)11(9-24)18(21)20(16)26/h2,4,6,8,14,19H,3,5,7H2,1H3,(H,25,27)/t14-,19+/m1/s1. The number of nitrogens with zero attached hydrogens (tertiary/aromatic N) is 2. The van der Waals surface area contributed by atoms with Gasteiger partial charge in [0.1, 0.15) is 34.7 Å². The Bertz CT molecular complexity index is 1020. The molecule has 2 aromatic rings. The van der Waals surface area contributed by atoms with Crippen LogP contribution in [0, 0.1) is 23.0 Å². The van der Waals surface area contributed by atoms with Crippen LogP contribution in [0.3, 0.4) is 0 Å². The third-order valence-electron chi connectivity index (χ3n) is 5.10. The lowest BCUT2D eigenvalue weighted by Crippen LogP contribution is -2.50. The third kappa shape index (κ3) is 2.85. The maximum Gasteiger partial charge on any atom is 0.217 e. The van der Waals surface area contributed by atoms with Gasteiger partial charge in [-0.1, -0.05) is 17.7 Å². The third-order valence-corrected chi connectivity index (χ3v) is 5.47. The number of hydrogen-bond donors (Lipinski definition) is 1. The summed E-state index contributed by atoms with van der Waals surface area (Å²) in [5.41, 5.74) is 0.304. The van der Waals surface area contributed by atoms with E-state index in [0.29, 0.717) is 25.1 Å². The summed E-state index contributed by atoms with van der Waals surface area (Å²) in [6.07, 6.45) is 1.33. The normalized spacial score (nSPS) is 20.0. The zero-order valence-electron chi connectivity index (χ0n) is 14.9. The van der Waals surface area contributed by atoms with Crippen molar-refractivity contribution in [2.24, 2.45) is 0 Å². The largest absolute Gasteiger partial charge is 0.455 e. The number of piperidine rings is 1. The lowest BCUT2D eigenvalue weighted by atomic mass is 9.89. The van der Waals surface area contributed by atoms with Crippen molar-refractivity contribution in [2.45, 2.75) is 31.8 Å². The molecule has 1 amide bonds. The van der Waals surface area contributed by atoms with E-state index in [4.69, 9.17) is 16.3 Å². The number of amides is 1. The molecule has 1 N–H and O–H groups in total. The van der Waals surface area contributed by atoms with Crippen LogP contribution >= 0.6 is 11.6 Å². The van der Waals surface area contributed by atoms with Crippen LogP contribution in [-0.2, 0) is 4.79 Å². The molecule has 8 heteroatoms. The van der Waals surface area contributed by atoms with E-state index in [0.717, 1.165) is 6.07 Å². The molecule has 0 aromatic heterocycles. The van der Waals surface area contributed by atoms with Gasteiger partial charge in [0.05, 0.1) is 22.7 Å². The first-order valence-electron chi connectivity index (χ1n) is 8.84. The number of halogens is 3. The highest BCUT2D eigenvalue weighted by molar-refractivity contribution is 6.35. The molecule has 0 aliphatic carbocycles. The van der Waals surface area contributed by atoms with E-state index in [1.54, 1.807) is 17.0 Å². The Labute approximate surface area is 165 Å². The van der Waals surface area contributed by atoms with Gasteiger partial charge in [0, 0.05) is 19.5 Å². The fourth-order valence-electron chi connectivity index (χ4n) is 4.06. The average Bonchev–Trinajstić information content (AvgIpc) is 2.77. The first kappa shape index (κ1) is 18.5. The van der Waals surface area contributed by atoms with Crippen LogP contribution in [0.4, 0.5) is 14.5 Å². The maximum atomic E-state index is 14.9. The van der Waals surface area contributed by atoms with Crippen LogP contribution in [0.2, 0.25) is 5.02 Å². The van der Waals surface area contributed by atoms with Crippen molar-refractivity contribution in [2.75, 3.05) is 11.4 Å². The second-order valence-electron chi connectivity index (χ2n) is 6.85. The molecule has 0 spiro atoms. The quantitative estimate of drug-likeness (QED) is 0.764. The van der Waals surface area contributed by atoms with Crippen LogP contribution in [0.15, 0.2) is 24.3 Å². The highest BCUT2D eigenvalue weighted by Crippen LogP contribution is 2.52. The summed E-state index contributed by atoms with van der Waals surface area (Å²) >= 11 is 6.40. The summed E-state index contributed by atoms with van der Waals surface area (Å²) in [4.78, 5) is 13.6. The van der Waals surface area contributed by atoms with Gasteiger partial charge in [0.2, 0.25) is 5.91 Å². The van der Waals surface area contributed by atoms with Gasteiger partial charge in [-0.2, -0.15) is 5.26 Å². The van der Waals surface area contributed by atoms with E-state index < -0.39 is 23.7 Å². The Kier molecular flexibility index (Phi) is 4.60. The zero-order chi connectivity index (χ0) is 20.0. The minimum absolute atomic E-state index is 0.0841. The molecule has 0 bridgehead atoms. The molecule has 5 nitrogen and oxygen atoms in total. The van der Waals surface area contributed by atoms with Crippen molar-refractivity contribution in [3.05, 3.63) is 52.0 Å². The van der Waals surface area contributed by atoms with Gasteiger partial charge >= 0.3 is 0 Å². The van der Waals surface area contributed by atoms with Gasteiger partial charge in [0.25, 0.3) is 0 Å². The number of carbonyl (C=O) groups excluding carboxylic acids is 1. The topological polar surface area (TPSA) is 65.4 Å². The molecule has 4 rings (SSSR count). The van der Waals surface area contributed by atoms with Gasteiger partial charge in [-0.05, 0) is 25.0 Å². The molecule has 2 aromatic carbocycles. The van der Waals surface area contributed by atoms with E-state index in [1.807, 2.05) is 0 Å². The molecule has 2 heterocycles. The number of nitrogens with one attached hydrogen (secondary N) is 1. The van der Waals surface area contributed by atoms with Crippen molar-refractivity contribution in [1.29, 1.82) is 5.26 Å². The summed E-state index contributed by atoms with van der Waals surface area (Å²) in [5, 5.41) is 12.1. The first-order valence-corrected chi connectivity index (χ1v) is 9.22. The zero-order valence-corrected chi connectivity index (χ0v) is 15.7. The Hall–Kier alpha value is -2.85. The fraction of sp³-hybridized carbons (Fsp3) is 0.300. The van der Waals surface area contributed by atoms with E-state index in [1.165, 1.54) is 19.1 Å². The molecular weight excluding hydrogens is 388 g/mol. The van der Waals surface area contributed by atoms with Crippen LogP contribution < -0.4 is 15.0 Å². The monoisotopic (exact) mass is 403 g/mol. The maximum absolute atomic E-state index is 14.9. The average molecular weight is 404 g/mol. The first-order chi connectivity index (χ1) is 13.4. The number of nitriles is 1. The van der Waals surface area contributed by atoms with Crippen molar-refractivity contribution in [3.63, 3.8) is 0 Å². The molecule has 144 valence electrons. The Morgan fingerprint density at radius 2 is 2.14 bits per heavy atom. The van der Waals surface area contributed by atoms with E-state index in [2.05, 4.69) is 5.32 Å². The van der Waals surface area contributed by atoms with E-state index in [-0.39, 0.29) is 33.6 Å². The Balaban J connectivity index is 2.00. The fourth-order valence-corrected chi connectivity index (χ4v) is 4.40. The SMILES string of the molecule is CC(=O)N[C@@H]1CCCN2c3c(cc(F)c(C#N)c3Cl)Oc3cccc(F)c3[C@H]12. The number of rotatable bonds is 1. The number of ether oxygens (including phenoxy) is 1. The lowest BCUT2D eigenvalue weighted by Gasteiger charge is -2.42. The van der Waals surface area contributed by atoms with Crippen molar-refractivity contribution in [1.82, 2.24) is 5.32 Å². The van der Waals surface area contributed by atoms with Crippen LogP contribution in [-0.4, -0.2) is 18.5 Å². The second kappa shape index (κ2) is 6.95. The molecule has 2 aliphatic heterocycles. The molecule has 2 aliphatic rings. The molecule has 0 radical (unpaired) electrons. The Morgan fingerprint density at radius 1 is 1.36 bits per heavy atom. The van der Waals surface area contributed by atoms with E-state index >= 15 is 0 Å². The van der Waals surface area contributed by atoms with Gasteiger partial charge in [-0.25, -0.2) is 8.78 Å². The van der Waals surface area contributed by atoms with Crippen molar-refractivity contribution in [3.8, 4) is 17.6 Å². The summed E-state index contributed by atoms with van der Waals surface area (Å²) in [7, 11) is 0. The number of benzene rings is 2. The van der Waals surface area contributed by atoms with Gasteiger partial charge in [-0.15, -0.1) is 0 Å². The molecule has 0 unspecified atom stereocenters. The summed E-state index contributed by atoms with van der Waals surface area (Å²) in [6, 6.07) is 6.27. The van der Waals surface area contributed by atoms with E-state index in [9.17, 15) is 18.8 Å². The highest BCUT2D eigenvalue weighted by atomic mass is 35.5. The lowest BCUT2D eigenvalue weighted by molar-refractivity contribution is -0.120. The second-order valence-corrected chi connectivity index (χ2v) is 7.23. The van der Waals surface area contributed by atoms with Crippen LogP contribution in [0.5, 0.6) is 11.5 Å². The predicted octanol–water partition coefficient (Wildman–Crippen LogP) is 4.44. The summed E-state index contributed by atoms with van der Waals surface area (Å²) < 4.78 is 35.1. The minimum atomic E-state index is -0.807. The molecule has 1 fully saturated rings. The molecule has 2 atom stereocenters. The smallest absolute Gasteiger partial charge is 0.217 e. The van der Waals surface area contributed by atoms with Gasteiger partial charge in [0.15, 0.2) is 5.75 Å². The van der Waals surface area contributed by atoms with Gasteiger partial charge in [-0.3, -0.25) is 4.79 Å². The van der Waals surface area contributed by atoms with Crippen LogP contribution in [0.1, 0.15) is 36.9 Å². The highest BCUT2D eigenvalue weighted by Gasteiger charge is 2.41. The van der Waals surface area contributed by atoms with Crippen molar-refractivity contribution < 1.29 is 18.3 Å². The molecule has 1 saturated heterocycles.